The zero-order chi connectivity index (χ0) is 24.3. The van der Waals surface area contributed by atoms with Crippen LogP contribution in [0, 0.1) is 0 Å². The van der Waals surface area contributed by atoms with E-state index in [4.69, 9.17) is 27.9 Å². The van der Waals surface area contributed by atoms with Crippen molar-refractivity contribution in [3.8, 4) is 5.88 Å². The lowest BCUT2D eigenvalue weighted by Crippen LogP contribution is -2.63. The molecule has 2 fully saturated rings. The van der Waals surface area contributed by atoms with Crippen LogP contribution >= 0.6 is 23.2 Å². The monoisotopic (exact) mass is 506 g/mol. The van der Waals surface area contributed by atoms with Crippen molar-refractivity contribution in [3.63, 3.8) is 0 Å². The van der Waals surface area contributed by atoms with Crippen molar-refractivity contribution in [1.82, 2.24) is 20.5 Å². The quantitative estimate of drug-likeness (QED) is 0.533. The van der Waals surface area contributed by atoms with Gasteiger partial charge in [0.25, 0.3) is 5.91 Å². The first-order valence-electron chi connectivity index (χ1n) is 11.3. The van der Waals surface area contributed by atoms with E-state index < -0.39 is 5.60 Å². The second kappa shape index (κ2) is 10.5. The predicted octanol–water partition coefficient (Wildman–Crippen LogP) is 2.76. The summed E-state index contributed by atoms with van der Waals surface area (Å²) in [5, 5.41) is 17.3. The fourth-order valence-corrected chi connectivity index (χ4v) is 4.89. The van der Waals surface area contributed by atoms with Crippen molar-refractivity contribution in [3.05, 3.63) is 57.7 Å². The van der Waals surface area contributed by atoms with Crippen LogP contribution in [0.25, 0.3) is 0 Å². The Balaban J connectivity index is 1.17. The number of ether oxygens (including phenoxy) is 1. The average Bonchev–Trinajstić information content (AvgIpc) is 2.82. The van der Waals surface area contributed by atoms with Crippen LogP contribution in [0.5, 0.6) is 5.88 Å². The van der Waals surface area contributed by atoms with Gasteiger partial charge in [-0.2, -0.15) is 0 Å². The molecule has 2 heterocycles. The molecule has 1 saturated heterocycles. The first-order chi connectivity index (χ1) is 16.3. The lowest BCUT2D eigenvalue weighted by Gasteiger charge is -2.48. The number of carbonyl (C=O) groups is 2. The van der Waals surface area contributed by atoms with Crippen LogP contribution in [-0.4, -0.2) is 65.6 Å². The number of amides is 2. The predicted molar refractivity (Wildman–Crippen MR) is 129 cm³/mol. The van der Waals surface area contributed by atoms with Gasteiger partial charge >= 0.3 is 0 Å². The molecule has 10 heteroatoms. The maximum absolute atomic E-state index is 12.2. The molecule has 0 radical (unpaired) electrons. The van der Waals surface area contributed by atoms with E-state index in [1.54, 1.807) is 31.5 Å². The van der Waals surface area contributed by atoms with Crippen molar-refractivity contribution >= 4 is 35.0 Å². The van der Waals surface area contributed by atoms with E-state index in [-0.39, 0.29) is 29.4 Å². The van der Waals surface area contributed by atoms with Gasteiger partial charge in [-0.25, -0.2) is 4.98 Å². The van der Waals surface area contributed by atoms with Crippen LogP contribution in [0.2, 0.25) is 10.0 Å². The third-order valence-corrected chi connectivity index (χ3v) is 7.39. The van der Waals surface area contributed by atoms with Crippen LogP contribution < -0.4 is 15.4 Å². The lowest BCUT2D eigenvalue weighted by atomic mass is 9.77. The van der Waals surface area contributed by atoms with Gasteiger partial charge in [-0.05, 0) is 49.9 Å². The van der Waals surface area contributed by atoms with Gasteiger partial charge in [-0.3, -0.25) is 14.5 Å². The molecule has 1 aromatic carbocycles. The molecule has 34 heavy (non-hydrogen) atoms. The molecule has 1 aromatic heterocycles. The Morgan fingerprint density at radius 2 is 1.91 bits per heavy atom. The van der Waals surface area contributed by atoms with Gasteiger partial charge in [0.1, 0.15) is 0 Å². The molecule has 0 atom stereocenters. The number of benzene rings is 1. The minimum absolute atomic E-state index is 0.0565. The molecule has 0 spiro atoms. The highest BCUT2D eigenvalue weighted by atomic mass is 35.5. The van der Waals surface area contributed by atoms with E-state index in [1.165, 1.54) is 6.07 Å². The van der Waals surface area contributed by atoms with Crippen molar-refractivity contribution in [2.75, 3.05) is 26.7 Å². The van der Waals surface area contributed by atoms with E-state index in [2.05, 4.69) is 20.5 Å². The molecular weight excluding hydrogens is 479 g/mol. The largest absolute Gasteiger partial charge is 0.481 e. The van der Waals surface area contributed by atoms with Crippen LogP contribution in [0.3, 0.4) is 0 Å². The minimum atomic E-state index is -0.860. The van der Waals surface area contributed by atoms with Crippen molar-refractivity contribution < 1.29 is 19.4 Å². The summed E-state index contributed by atoms with van der Waals surface area (Å²) in [6.07, 6.45) is 4.78. The summed E-state index contributed by atoms with van der Waals surface area (Å²) in [5.41, 5.74) is 0.309. The molecule has 2 aliphatic rings. The fourth-order valence-electron chi connectivity index (χ4n) is 4.59. The topological polar surface area (TPSA) is 104 Å². The SMILES string of the molecule is COc1ccc([C@]2(O)CC[C@H](N3CC(NC(=O)CNC(=O)c4ccc(Cl)c(Cl)c4)C3)CC2)cn1. The summed E-state index contributed by atoms with van der Waals surface area (Å²) in [4.78, 5) is 31.0. The first-order valence-corrected chi connectivity index (χ1v) is 12.0. The van der Waals surface area contributed by atoms with E-state index in [0.717, 1.165) is 31.5 Å². The number of carbonyl (C=O) groups excluding carboxylic acids is 2. The third-order valence-electron chi connectivity index (χ3n) is 6.65. The van der Waals surface area contributed by atoms with Crippen molar-refractivity contribution in [1.29, 1.82) is 0 Å². The number of hydrogen-bond donors (Lipinski definition) is 3. The molecule has 3 N–H and O–H groups in total. The van der Waals surface area contributed by atoms with E-state index in [9.17, 15) is 14.7 Å². The highest BCUT2D eigenvalue weighted by Crippen LogP contribution is 2.39. The molecule has 2 amide bonds. The molecule has 2 aromatic rings. The van der Waals surface area contributed by atoms with Crippen LogP contribution in [0.4, 0.5) is 0 Å². The lowest BCUT2D eigenvalue weighted by molar-refractivity contribution is -0.122. The summed E-state index contributed by atoms with van der Waals surface area (Å²) in [7, 11) is 1.57. The van der Waals surface area contributed by atoms with Gasteiger partial charge < -0.3 is 20.5 Å². The van der Waals surface area contributed by atoms with E-state index >= 15 is 0 Å². The number of methoxy groups -OCH3 is 1. The first kappa shape index (κ1) is 24.7. The number of halogens is 2. The van der Waals surface area contributed by atoms with E-state index in [0.29, 0.717) is 35.3 Å². The molecule has 4 rings (SSSR count). The number of likely N-dealkylation sites (tertiary alicyclic amines) is 1. The Bertz CT molecular complexity index is 1040. The summed E-state index contributed by atoms with van der Waals surface area (Å²) in [6.45, 7) is 1.42. The van der Waals surface area contributed by atoms with Crippen LogP contribution in [0.1, 0.15) is 41.6 Å². The normalized spacial score (nSPS) is 23.1. The summed E-state index contributed by atoms with van der Waals surface area (Å²) < 4.78 is 5.09. The number of nitrogens with one attached hydrogen (secondary N) is 2. The van der Waals surface area contributed by atoms with Gasteiger partial charge in [-0.15, -0.1) is 0 Å². The minimum Gasteiger partial charge on any atom is -0.481 e. The Hall–Kier alpha value is -2.39. The highest BCUT2D eigenvalue weighted by Gasteiger charge is 2.40. The van der Waals surface area contributed by atoms with Crippen molar-refractivity contribution in [2.24, 2.45) is 0 Å². The Morgan fingerprint density at radius 1 is 1.18 bits per heavy atom. The molecule has 1 saturated carbocycles. The van der Waals surface area contributed by atoms with Crippen LogP contribution in [0.15, 0.2) is 36.5 Å². The number of rotatable bonds is 7. The smallest absolute Gasteiger partial charge is 0.251 e. The van der Waals surface area contributed by atoms with Crippen LogP contribution in [-0.2, 0) is 10.4 Å². The molecule has 1 aliphatic carbocycles. The Labute approximate surface area is 208 Å². The second-order valence-corrected chi connectivity index (χ2v) is 9.70. The third kappa shape index (κ3) is 5.63. The van der Waals surface area contributed by atoms with Crippen molar-refractivity contribution in [2.45, 2.75) is 43.4 Å². The maximum atomic E-state index is 12.2. The summed E-state index contributed by atoms with van der Waals surface area (Å²) >= 11 is 11.8. The summed E-state index contributed by atoms with van der Waals surface area (Å²) in [6, 6.07) is 8.66. The summed E-state index contributed by atoms with van der Waals surface area (Å²) in [5.74, 6) is -0.0857. The number of pyridine rings is 1. The molecule has 8 nitrogen and oxygen atoms in total. The van der Waals surface area contributed by atoms with Gasteiger partial charge in [-0.1, -0.05) is 23.2 Å². The fraction of sp³-hybridized carbons (Fsp3) is 0.458. The zero-order valence-corrected chi connectivity index (χ0v) is 20.4. The Morgan fingerprint density at radius 3 is 2.53 bits per heavy atom. The van der Waals surface area contributed by atoms with Gasteiger partial charge in [0.2, 0.25) is 11.8 Å². The molecular formula is C24H28Cl2N4O4. The van der Waals surface area contributed by atoms with E-state index in [1.807, 2.05) is 6.07 Å². The number of aromatic nitrogens is 1. The number of hydrogen-bond acceptors (Lipinski definition) is 6. The second-order valence-electron chi connectivity index (χ2n) is 8.88. The molecule has 182 valence electrons. The van der Waals surface area contributed by atoms with Gasteiger partial charge in [0.15, 0.2) is 0 Å². The highest BCUT2D eigenvalue weighted by molar-refractivity contribution is 6.42. The zero-order valence-electron chi connectivity index (χ0n) is 18.9. The standard InChI is InChI=1S/C24H28Cl2N4O4/c1-34-22-5-3-16(11-27-22)24(33)8-6-18(7-9-24)30-13-17(14-30)29-21(31)12-28-23(32)15-2-4-19(25)20(26)10-15/h2-5,10-11,17-18,33H,6-9,12-14H2,1H3,(H,28,32)(H,29,31)/t18-,24-. The molecule has 0 unspecified atom stereocenters. The van der Waals surface area contributed by atoms with Gasteiger partial charge in [0, 0.05) is 42.5 Å². The Kier molecular flexibility index (Phi) is 7.62. The average molecular weight is 507 g/mol. The number of aliphatic hydroxyl groups is 1. The molecule has 0 bridgehead atoms. The maximum Gasteiger partial charge on any atom is 0.251 e. The van der Waals surface area contributed by atoms with Gasteiger partial charge in [0.05, 0.1) is 35.3 Å². The molecule has 1 aliphatic heterocycles. The number of nitrogens with zero attached hydrogens (tertiary/aromatic N) is 2.